The summed E-state index contributed by atoms with van der Waals surface area (Å²) in [5.41, 5.74) is 3.67. The van der Waals surface area contributed by atoms with E-state index in [0.29, 0.717) is 5.69 Å². The van der Waals surface area contributed by atoms with Gasteiger partial charge in [0.15, 0.2) is 0 Å². The zero-order chi connectivity index (χ0) is 18.5. The summed E-state index contributed by atoms with van der Waals surface area (Å²) < 4.78 is 14.8. The molecule has 0 aliphatic heterocycles. The number of halogens is 1. The van der Waals surface area contributed by atoms with Gasteiger partial charge in [0.2, 0.25) is 5.91 Å². The Morgan fingerprint density at radius 3 is 2.77 bits per heavy atom. The lowest BCUT2D eigenvalue weighted by molar-refractivity contribution is -0.111. The van der Waals surface area contributed by atoms with E-state index in [0.717, 1.165) is 22.4 Å². The molecular weight excluding hydrogens is 333 g/mol. The molecule has 1 heterocycles. The van der Waals surface area contributed by atoms with Gasteiger partial charge in [-0.25, -0.2) is 4.39 Å². The van der Waals surface area contributed by atoms with Gasteiger partial charge in [-0.3, -0.25) is 9.48 Å². The molecule has 0 spiro atoms. The third-order valence-corrected chi connectivity index (χ3v) is 3.88. The van der Waals surface area contributed by atoms with E-state index in [2.05, 4.69) is 10.4 Å². The number of nitrogens with zero attached hydrogens (tertiary/aromatic N) is 2. The number of carbonyl (C=O) groups excluding carboxylic acids is 1. The Kier molecular flexibility index (Phi) is 5.24. The van der Waals surface area contributed by atoms with Gasteiger partial charge in [-0.2, -0.15) is 5.10 Å². The second-order valence-corrected chi connectivity index (χ2v) is 5.76. The average Bonchev–Trinajstić information content (AvgIpc) is 3.01. The number of aryl methyl sites for hydroxylation is 1. The predicted molar refractivity (Wildman–Crippen MR) is 98.6 cm³/mol. The molecule has 0 saturated carbocycles. The topological polar surface area (TPSA) is 67.2 Å². The van der Waals surface area contributed by atoms with E-state index in [1.165, 1.54) is 18.2 Å². The Labute approximate surface area is 150 Å². The molecule has 1 amide bonds. The molecule has 0 atom stereocenters. The second kappa shape index (κ2) is 7.76. The molecule has 0 unspecified atom stereocenters. The lowest BCUT2D eigenvalue weighted by Gasteiger charge is -2.05. The fourth-order valence-corrected chi connectivity index (χ4v) is 2.63. The van der Waals surface area contributed by atoms with Crippen LogP contribution in [0.1, 0.15) is 11.1 Å². The normalized spacial score (nSPS) is 11.0. The highest BCUT2D eigenvalue weighted by Gasteiger charge is 2.09. The monoisotopic (exact) mass is 351 g/mol. The Morgan fingerprint density at radius 1 is 1.27 bits per heavy atom. The summed E-state index contributed by atoms with van der Waals surface area (Å²) in [5.74, 6) is -0.605. The SMILES string of the molecule is Cn1ncc(C=CC(=O)Nc2cccc(CO)c2)c1-c1ccc(F)cc1. The van der Waals surface area contributed by atoms with Crippen molar-refractivity contribution in [3.05, 3.63) is 77.7 Å². The highest BCUT2D eigenvalue weighted by molar-refractivity contribution is 6.02. The first-order chi connectivity index (χ1) is 12.6. The van der Waals surface area contributed by atoms with Gasteiger partial charge >= 0.3 is 0 Å². The molecule has 0 saturated heterocycles. The zero-order valence-corrected chi connectivity index (χ0v) is 14.2. The molecule has 0 radical (unpaired) electrons. The van der Waals surface area contributed by atoms with Gasteiger partial charge in [0.1, 0.15) is 5.82 Å². The van der Waals surface area contributed by atoms with Crippen molar-refractivity contribution in [1.82, 2.24) is 9.78 Å². The number of amides is 1. The third kappa shape index (κ3) is 4.04. The minimum atomic E-state index is -0.308. The van der Waals surface area contributed by atoms with E-state index in [9.17, 15) is 9.18 Å². The largest absolute Gasteiger partial charge is 0.392 e. The molecular formula is C20H18FN3O2. The van der Waals surface area contributed by atoms with Crippen LogP contribution in [0.4, 0.5) is 10.1 Å². The van der Waals surface area contributed by atoms with Crippen molar-refractivity contribution in [1.29, 1.82) is 0 Å². The van der Waals surface area contributed by atoms with Crippen molar-refractivity contribution < 1.29 is 14.3 Å². The molecule has 0 aliphatic rings. The fourth-order valence-electron chi connectivity index (χ4n) is 2.63. The first kappa shape index (κ1) is 17.6. The first-order valence-electron chi connectivity index (χ1n) is 8.03. The molecule has 2 aromatic carbocycles. The maximum absolute atomic E-state index is 13.1. The Hall–Kier alpha value is -3.25. The van der Waals surface area contributed by atoms with Crippen LogP contribution < -0.4 is 5.32 Å². The molecule has 132 valence electrons. The summed E-state index contributed by atoms with van der Waals surface area (Å²) in [5, 5.41) is 16.1. The van der Waals surface area contributed by atoms with Crippen LogP contribution in [-0.2, 0) is 18.4 Å². The summed E-state index contributed by atoms with van der Waals surface area (Å²) in [4.78, 5) is 12.1. The van der Waals surface area contributed by atoms with Gasteiger partial charge in [0.05, 0.1) is 18.5 Å². The van der Waals surface area contributed by atoms with E-state index < -0.39 is 0 Å². The number of aliphatic hydroxyl groups is 1. The summed E-state index contributed by atoms with van der Waals surface area (Å²) >= 11 is 0. The van der Waals surface area contributed by atoms with Gasteiger partial charge in [-0.05, 0) is 48.0 Å². The maximum atomic E-state index is 13.1. The Bertz CT molecular complexity index is 946. The minimum Gasteiger partial charge on any atom is -0.392 e. The molecule has 0 aliphatic carbocycles. The van der Waals surface area contributed by atoms with Crippen molar-refractivity contribution in [2.45, 2.75) is 6.61 Å². The number of aliphatic hydroxyl groups excluding tert-OH is 1. The first-order valence-corrected chi connectivity index (χ1v) is 8.03. The average molecular weight is 351 g/mol. The fraction of sp³-hybridized carbons (Fsp3) is 0.100. The Balaban J connectivity index is 1.78. The summed E-state index contributed by atoms with van der Waals surface area (Å²) in [6, 6.07) is 13.1. The lowest BCUT2D eigenvalue weighted by atomic mass is 10.1. The zero-order valence-electron chi connectivity index (χ0n) is 14.2. The van der Waals surface area contributed by atoms with E-state index in [1.54, 1.807) is 60.4 Å². The number of rotatable bonds is 5. The van der Waals surface area contributed by atoms with Crippen LogP contribution in [0.2, 0.25) is 0 Å². The molecule has 1 aromatic heterocycles. The molecule has 0 bridgehead atoms. The third-order valence-electron chi connectivity index (χ3n) is 3.88. The van der Waals surface area contributed by atoms with Gasteiger partial charge < -0.3 is 10.4 Å². The molecule has 3 aromatic rings. The molecule has 3 rings (SSSR count). The predicted octanol–water partition coefficient (Wildman–Crippen LogP) is 3.37. The molecule has 0 fully saturated rings. The highest BCUT2D eigenvalue weighted by atomic mass is 19.1. The molecule has 5 nitrogen and oxygen atoms in total. The van der Waals surface area contributed by atoms with Gasteiger partial charge in [0.25, 0.3) is 0 Å². The maximum Gasteiger partial charge on any atom is 0.248 e. The number of hydrogen-bond acceptors (Lipinski definition) is 3. The van der Waals surface area contributed by atoms with Crippen LogP contribution in [0.3, 0.4) is 0 Å². The van der Waals surface area contributed by atoms with Crippen LogP contribution in [-0.4, -0.2) is 20.8 Å². The number of nitrogens with one attached hydrogen (secondary N) is 1. The highest BCUT2D eigenvalue weighted by Crippen LogP contribution is 2.24. The van der Waals surface area contributed by atoms with Gasteiger partial charge in [-0.1, -0.05) is 12.1 Å². The van der Waals surface area contributed by atoms with Crippen LogP contribution >= 0.6 is 0 Å². The van der Waals surface area contributed by atoms with Gasteiger partial charge in [0, 0.05) is 29.9 Å². The van der Waals surface area contributed by atoms with Crippen molar-refractivity contribution in [3.63, 3.8) is 0 Å². The molecule has 2 N–H and O–H groups in total. The second-order valence-electron chi connectivity index (χ2n) is 5.76. The quantitative estimate of drug-likeness (QED) is 0.693. The summed E-state index contributed by atoms with van der Waals surface area (Å²) in [6.07, 6.45) is 4.72. The lowest BCUT2D eigenvalue weighted by Crippen LogP contribution is -2.07. The van der Waals surface area contributed by atoms with Crippen molar-refractivity contribution in [3.8, 4) is 11.3 Å². The molecule has 26 heavy (non-hydrogen) atoms. The smallest absolute Gasteiger partial charge is 0.248 e. The molecule has 6 heteroatoms. The van der Waals surface area contributed by atoms with Crippen molar-refractivity contribution in [2.75, 3.05) is 5.32 Å². The van der Waals surface area contributed by atoms with Gasteiger partial charge in [-0.15, -0.1) is 0 Å². The van der Waals surface area contributed by atoms with E-state index in [-0.39, 0.29) is 18.3 Å². The van der Waals surface area contributed by atoms with E-state index in [4.69, 9.17) is 5.11 Å². The number of hydrogen-bond donors (Lipinski definition) is 2. The van der Waals surface area contributed by atoms with Crippen LogP contribution in [0.15, 0.2) is 60.8 Å². The Morgan fingerprint density at radius 2 is 2.04 bits per heavy atom. The van der Waals surface area contributed by atoms with Crippen molar-refractivity contribution in [2.24, 2.45) is 7.05 Å². The standard InChI is InChI=1S/C20H18FN3O2/c1-24-20(15-5-8-17(21)9-6-15)16(12-22-24)7-10-19(26)23-18-4-2-3-14(11-18)13-25/h2-12,25H,13H2,1H3,(H,23,26). The van der Waals surface area contributed by atoms with E-state index in [1.807, 2.05) is 0 Å². The number of aromatic nitrogens is 2. The number of benzene rings is 2. The van der Waals surface area contributed by atoms with Crippen molar-refractivity contribution >= 4 is 17.7 Å². The summed E-state index contributed by atoms with van der Waals surface area (Å²) in [6.45, 7) is -0.0870. The van der Waals surface area contributed by atoms with Crippen LogP contribution in [0.25, 0.3) is 17.3 Å². The van der Waals surface area contributed by atoms with Crippen LogP contribution in [0.5, 0.6) is 0 Å². The summed E-state index contributed by atoms with van der Waals surface area (Å²) in [7, 11) is 1.79. The van der Waals surface area contributed by atoms with Crippen LogP contribution in [0, 0.1) is 5.82 Å². The van der Waals surface area contributed by atoms with E-state index >= 15 is 0 Å². The minimum absolute atomic E-state index is 0.0870. The number of carbonyl (C=O) groups is 1. The number of anilines is 1.